The second-order valence-electron chi connectivity index (χ2n) is 2.05. The summed E-state index contributed by atoms with van der Waals surface area (Å²) in [5, 5.41) is 0. The van der Waals surface area contributed by atoms with Crippen molar-refractivity contribution in [2.75, 3.05) is 12.8 Å². The molecule has 0 atom stereocenters. The topological polar surface area (TPSA) is 48.1 Å². The molecule has 0 aliphatic heterocycles. The lowest BCUT2D eigenvalue weighted by Crippen LogP contribution is -1.96. The maximum absolute atomic E-state index is 5.61. The lowest BCUT2D eigenvalue weighted by Gasteiger charge is -2.03. The number of aromatic nitrogens is 1. The van der Waals surface area contributed by atoms with Crippen LogP contribution >= 0.6 is 12.4 Å². The largest absolute Gasteiger partial charge is 0.480 e. The highest BCUT2D eigenvalue weighted by Crippen LogP contribution is 2.19. The average Bonchev–Trinajstić information content (AvgIpc) is 1.95. The Hall–Kier alpha value is -0.960. The minimum Gasteiger partial charge on any atom is -0.480 e. The summed E-state index contributed by atoms with van der Waals surface area (Å²) in [5.41, 5.74) is 7.21. The van der Waals surface area contributed by atoms with Crippen molar-refractivity contribution < 1.29 is 4.74 Å². The van der Waals surface area contributed by atoms with Gasteiger partial charge in [0.25, 0.3) is 0 Å². The van der Waals surface area contributed by atoms with Crippen LogP contribution in [-0.2, 0) is 0 Å². The molecule has 4 heteroatoms. The molecular weight excluding hydrogens is 164 g/mol. The molecule has 0 saturated heterocycles. The van der Waals surface area contributed by atoms with Gasteiger partial charge in [0, 0.05) is 6.20 Å². The Kier molecular flexibility index (Phi) is 3.68. The fourth-order valence-corrected chi connectivity index (χ4v) is 0.707. The molecule has 3 nitrogen and oxygen atoms in total. The van der Waals surface area contributed by atoms with Crippen LogP contribution in [0.15, 0.2) is 12.3 Å². The monoisotopic (exact) mass is 174 g/mol. The second kappa shape index (κ2) is 4.03. The fourth-order valence-electron chi connectivity index (χ4n) is 0.707. The number of pyridine rings is 1. The number of rotatable bonds is 1. The van der Waals surface area contributed by atoms with Gasteiger partial charge in [-0.3, -0.25) is 0 Å². The van der Waals surface area contributed by atoms with Gasteiger partial charge >= 0.3 is 0 Å². The first-order chi connectivity index (χ1) is 4.75. The number of nitrogens with two attached hydrogens (primary N) is 1. The van der Waals surface area contributed by atoms with E-state index < -0.39 is 0 Å². The Morgan fingerprint density at radius 1 is 1.55 bits per heavy atom. The number of hydrogen-bond acceptors (Lipinski definition) is 3. The molecule has 0 saturated carbocycles. The van der Waals surface area contributed by atoms with Crippen molar-refractivity contribution in [3.8, 4) is 5.88 Å². The normalized spacial score (nSPS) is 8.55. The number of nitrogens with zero attached hydrogens (tertiary/aromatic N) is 1. The van der Waals surface area contributed by atoms with Crippen molar-refractivity contribution in [3.05, 3.63) is 17.8 Å². The van der Waals surface area contributed by atoms with E-state index in [1.807, 2.05) is 13.0 Å². The highest BCUT2D eigenvalue weighted by molar-refractivity contribution is 5.85. The quantitative estimate of drug-likeness (QED) is 0.700. The van der Waals surface area contributed by atoms with E-state index in [2.05, 4.69) is 4.98 Å². The highest BCUT2D eigenvalue weighted by atomic mass is 35.5. The number of hydrogen-bond donors (Lipinski definition) is 1. The smallest absolute Gasteiger partial charge is 0.237 e. The zero-order valence-corrected chi connectivity index (χ0v) is 7.31. The first-order valence-corrected chi connectivity index (χ1v) is 3.00. The molecule has 0 bridgehead atoms. The summed E-state index contributed by atoms with van der Waals surface area (Å²) in [6.07, 6.45) is 1.67. The van der Waals surface area contributed by atoms with Gasteiger partial charge in [-0.15, -0.1) is 12.4 Å². The number of ether oxygens (including phenoxy) is 1. The summed E-state index contributed by atoms with van der Waals surface area (Å²) < 4.78 is 4.89. The second-order valence-corrected chi connectivity index (χ2v) is 2.05. The average molecular weight is 175 g/mol. The Balaban J connectivity index is 0.000001000. The van der Waals surface area contributed by atoms with Crippen LogP contribution in [0.4, 0.5) is 5.69 Å². The molecule has 0 radical (unpaired) electrons. The molecule has 62 valence electrons. The van der Waals surface area contributed by atoms with Gasteiger partial charge in [-0.2, -0.15) is 0 Å². The zero-order valence-electron chi connectivity index (χ0n) is 6.50. The van der Waals surface area contributed by atoms with E-state index in [0.29, 0.717) is 11.6 Å². The number of nitrogen functional groups attached to an aromatic ring is 1. The summed E-state index contributed by atoms with van der Waals surface area (Å²) in [5.74, 6) is 0.500. The van der Waals surface area contributed by atoms with Gasteiger partial charge in [0.05, 0.1) is 12.8 Å². The third-order valence-electron chi connectivity index (χ3n) is 1.36. The van der Waals surface area contributed by atoms with E-state index in [1.165, 1.54) is 0 Å². The van der Waals surface area contributed by atoms with Crippen molar-refractivity contribution in [1.82, 2.24) is 4.98 Å². The minimum absolute atomic E-state index is 0. The van der Waals surface area contributed by atoms with Gasteiger partial charge in [-0.25, -0.2) is 4.98 Å². The van der Waals surface area contributed by atoms with Crippen molar-refractivity contribution in [2.45, 2.75) is 6.92 Å². The molecule has 2 N–H and O–H groups in total. The molecule has 0 aromatic carbocycles. The Labute approximate surface area is 72.0 Å². The standard InChI is InChI=1S/C7H10N2O.ClH/c1-5-3-4-9-7(10-2)6(5)8;/h3-4H,8H2,1-2H3;1H. The molecule has 0 spiro atoms. The molecule has 11 heavy (non-hydrogen) atoms. The third-order valence-corrected chi connectivity index (χ3v) is 1.36. The first-order valence-electron chi connectivity index (χ1n) is 3.00. The predicted octanol–water partition coefficient (Wildman–Crippen LogP) is 1.40. The molecule has 1 rings (SSSR count). The van der Waals surface area contributed by atoms with E-state index in [1.54, 1.807) is 13.3 Å². The first kappa shape index (κ1) is 10.0. The fraction of sp³-hybridized carbons (Fsp3) is 0.286. The molecular formula is C7H11ClN2O. The maximum atomic E-state index is 5.61. The van der Waals surface area contributed by atoms with E-state index in [9.17, 15) is 0 Å². The van der Waals surface area contributed by atoms with E-state index in [-0.39, 0.29) is 12.4 Å². The van der Waals surface area contributed by atoms with E-state index in [0.717, 1.165) is 5.56 Å². The zero-order chi connectivity index (χ0) is 7.56. The molecule has 0 amide bonds. The van der Waals surface area contributed by atoms with Gasteiger partial charge in [0.15, 0.2) is 0 Å². The van der Waals surface area contributed by atoms with Gasteiger partial charge in [0.1, 0.15) is 0 Å². The lowest BCUT2D eigenvalue weighted by molar-refractivity contribution is 0.400. The summed E-state index contributed by atoms with van der Waals surface area (Å²) >= 11 is 0. The van der Waals surface area contributed by atoms with E-state index >= 15 is 0 Å². The third kappa shape index (κ3) is 1.98. The minimum atomic E-state index is 0. The molecule has 0 aliphatic carbocycles. The molecule has 1 aromatic rings. The van der Waals surface area contributed by atoms with Crippen molar-refractivity contribution in [2.24, 2.45) is 0 Å². The summed E-state index contributed by atoms with van der Waals surface area (Å²) in [7, 11) is 1.55. The molecule has 0 aliphatic rings. The Bertz CT molecular complexity index is 240. The van der Waals surface area contributed by atoms with Crippen molar-refractivity contribution in [3.63, 3.8) is 0 Å². The van der Waals surface area contributed by atoms with Crippen LogP contribution in [0.2, 0.25) is 0 Å². The van der Waals surface area contributed by atoms with Crippen molar-refractivity contribution in [1.29, 1.82) is 0 Å². The number of methoxy groups -OCH3 is 1. The Morgan fingerprint density at radius 2 is 2.18 bits per heavy atom. The SMILES string of the molecule is COc1nccc(C)c1N.Cl. The summed E-state index contributed by atoms with van der Waals surface area (Å²) in [6, 6.07) is 1.85. The summed E-state index contributed by atoms with van der Waals surface area (Å²) in [6.45, 7) is 1.92. The van der Waals surface area contributed by atoms with Gasteiger partial charge in [0.2, 0.25) is 5.88 Å². The summed E-state index contributed by atoms with van der Waals surface area (Å²) in [4.78, 5) is 3.91. The lowest BCUT2D eigenvalue weighted by atomic mass is 10.2. The number of halogens is 1. The molecule has 1 heterocycles. The van der Waals surface area contributed by atoms with Gasteiger partial charge < -0.3 is 10.5 Å². The van der Waals surface area contributed by atoms with Crippen LogP contribution in [-0.4, -0.2) is 12.1 Å². The Morgan fingerprint density at radius 3 is 2.64 bits per heavy atom. The molecule has 0 unspecified atom stereocenters. The molecule has 0 fully saturated rings. The van der Waals surface area contributed by atoms with Gasteiger partial charge in [-0.05, 0) is 18.6 Å². The van der Waals surface area contributed by atoms with Gasteiger partial charge in [-0.1, -0.05) is 0 Å². The van der Waals surface area contributed by atoms with Crippen LogP contribution < -0.4 is 10.5 Å². The van der Waals surface area contributed by atoms with Crippen LogP contribution in [0.25, 0.3) is 0 Å². The highest BCUT2D eigenvalue weighted by Gasteiger charge is 2.00. The number of aryl methyl sites for hydroxylation is 1. The van der Waals surface area contributed by atoms with Crippen LogP contribution in [0.5, 0.6) is 5.88 Å². The predicted molar refractivity (Wildman–Crippen MR) is 47.2 cm³/mol. The van der Waals surface area contributed by atoms with Crippen LogP contribution in [0, 0.1) is 6.92 Å². The van der Waals surface area contributed by atoms with E-state index in [4.69, 9.17) is 10.5 Å². The van der Waals surface area contributed by atoms with Crippen molar-refractivity contribution >= 4 is 18.1 Å². The number of anilines is 1. The van der Waals surface area contributed by atoms with Crippen LogP contribution in [0.3, 0.4) is 0 Å². The van der Waals surface area contributed by atoms with Crippen LogP contribution in [0.1, 0.15) is 5.56 Å². The maximum Gasteiger partial charge on any atom is 0.237 e. The molecule has 1 aromatic heterocycles.